The Labute approximate surface area is 136 Å². The zero-order chi connectivity index (χ0) is 16.5. The number of ether oxygens (including phenoxy) is 1. The third-order valence-electron chi connectivity index (χ3n) is 3.86. The van der Waals surface area contributed by atoms with Gasteiger partial charge in [0.25, 0.3) is 0 Å². The number of fused-ring (bicyclic) bond motifs is 2. The number of nitriles is 1. The maximum Gasteiger partial charge on any atom is 0.336 e. The molecule has 0 aliphatic carbocycles. The summed E-state index contributed by atoms with van der Waals surface area (Å²) in [6.07, 6.45) is 3.78. The lowest BCUT2D eigenvalue weighted by Crippen LogP contribution is -1.97. The number of benzene rings is 1. The van der Waals surface area contributed by atoms with Gasteiger partial charge >= 0.3 is 5.63 Å². The van der Waals surface area contributed by atoms with Crippen LogP contribution in [0.5, 0.6) is 5.75 Å². The SMILES string of the molecule is N#Cc1c(COc2ccc3ccc(=O)oc3c2)cn2ccccc12. The van der Waals surface area contributed by atoms with E-state index >= 15 is 0 Å². The molecule has 0 saturated carbocycles. The fourth-order valence-electron chi connectivity index (χ4n) is 2.71. The number of hydrogen-bond acceptors (Lipinski definition) is 4. The van der Waals surface area contributed by atoms with Gasteiger partial charge in [-0.2, -0.15) is 5.26 Å². The summed E-state index contributed by atoms with van der Waals surface area (Å²) in [5.74, 6) is 0.580. The number of rotatable bonds is 3. The molecule has 0 amide bonds. The second kappa shape index (κ2) is 5.60. The predicted octanol–water partition coefficient (Wildman–Crippen LogP) is 3.50. The Morgan fingerprint density at radius 3 is 2.92 bits per heavy atom. The minimum absolute atomic E-state index is 0.257. The molecule has 0 unspecified atom stereocenters. The van der Waals surface area contributed by atoms with Crippen LogP contribution in [0.4, 0.5) is 0 Å². The van der Waals surface area contributed by atoms with Crippen LogP contribution in [0.15, 0.2) is 70.1 Å². The zero-order valence-electron chi connectivity index (χ0n) is 12.6. The third kappa shape index (κ3) is 2.40. The van der Waals surface area contributed by atoms with E-state index in [9.17, 15) is 10.1 Å². The van der Waals surface area contributed by atoms with Crippen molar-refractivity contribution in [1.29, 1.82) is 5.26 Å². The van der Waals surface area contributed by atoms with Crippen molar-refractivity contribution in [1.82, 2.24) is 4.40 Å². The van der Waals surface area contributed by atoms with E-state index in [-0.39, 0.29) is 6.61 Å². The molecule has 0 aliphatic heterocycles. The van der Waals surface area contributed by atoms with E-state index in [4.69, 9.17) is 9.15 Å². The van der Waals surface area contributed by atoms with Crippen LogP contribution >= 0.6 is 0 Å². The molecule has 116 valence electrons. The molecule has 0 atom stereocenters. The van der Waals surface area contributed by atoms with E-state index in [1.807, 2.05) is 47.1 Å². The molecule has 4 aromatic rings. The Morgan fingerprint density at radius 1 is 1.17 bits per heavy atom. The molecule has 5 heteroatoms. The minimum Gasteiger partial charge on any atom is -0.489 e. The average molecular weight is 316 g/mol. The van der Waals surface area contributed by atoms with Crippen LogP contribution in [0.1, 0.15) is 11.1 Å². The minimum atomic E-state index is -0.398. The van der Waals surface area contributed by atoms with Crippen molar-refractivity contribution >= 4 is 16.5 Å². The number of hydrogen-bond donors (Lipinski definition) is 0. The van der Waals surface area contributed by atoms with Crippen LogP contribution < -0.4 is 10.4 Å². The van der Waals surface area contributed by atoms with Gasteiger partial charge in [0, 0.05) is 35.5 Å². The van der Waals surface area contributed by atoms with E-state index in [2.05, 4.69) is 6.07 Å². The normalized spacial score (nSPS) is 10.8. The van der Waals surface area contributed by atoms with Crippen molar-refractivity contribution in [2.75, 3.05) is 0 Å². The van der Waals surface area contributed by atoms with Crippen LogP contribution in [-0.4, -0.2) is 4.40 Å². The van der Waals surface area contributed by atoms with E-state index in [1.165, 1.54) is 6.07 Å². The van der Waals surface area contributed by atoms with Crippen molar-refractivity contribution in [3.63, 3.8) is 0 Å². The second-order valence-corrected chi connectivity index (χ2v) is 5.38. The molecule has 0 N–H and O–H groups in total. The van der Waals surface area contributed by atoms with Crippen molar-refractivity contribution in [3.8, 4) is 11.8 Å². The average Bonchev–Trinajstić information content (AvgIpc) is 2.97. The molecule has 3 aromatic heterocycles. The molecule has 0 aliphatic rings. The standard InChI is InChI=1S/C19H12N2O3/c20-10-16-14(11-21-8-2-1-3-17(16)21)12-23-15-6-4-13-5-7-19(22)24-18(13)9-15/h1-9,11H,12H2. The number of aromatic nitrogens is 1. The summed E-state index contributed by atoms with van der Waals surface area (Å²) in [6.45, 7) is 0.257. The topological polar surface area (TPSA) is 67.6 Å². The lowest BCUT2D eigenvalue weighted by atomic mass is 10.2. The molecule has 1 aromatic carbocycles. The van der Waals surface area contributed by atoms with Gasteiger partial charge < -0.3 is 13.6 Å². The van der Waals surface area contributed by atoms with Gasteiger partial charge in [0.1, 0.15) is 24.0 Å². The lowest BCUT2D eigenvalue weighted by molar-refractivity contribution is 0.306. The molecule has 0 fully saturated rings. The largest absolute Gasteiger partial charge is 0.489 e. The van der Waals surface area contributed by atoms with Gasteiger partial charge in [-0.15, -0.1) is 0 Å². The highest BCUT2D eigenvalue weighted by Crippen LogP contribution is 2.23. The molecule has 0 radical (unpaired) electrons. The number of pyridine rings is 1. The Kier molecular flexibility index (Phi) is 3.29. The van der Waals surface area contributed by atoms with Crippen LogP contribution in [-0.2, 0) is 6.61 Å². The molecule has 0 saturated heterocycles. The Morgan fingerprint density at radius 2 is 2.04 bits per heavy atom. The molecular weight excluding hydrogens is 304 g/mol. The van der Waals surface area contributed by atoms with Gasteiger partial charge in [-0.05, 0) is 30.3 Å². The summed E-state index contributed by atoms with van der Waals surface area (Å²) in [5, 5.41) is 10.2. The zero-order valence-corrected chi connectivity index (χ0v) is 12.6. The van der Waals surface area contributed by atoms with Gasteiger partial charge in [0.15, 0.2) is 0 Å². The highest BCUT2D eigenvalue weighted by atomic mass is 16.5. The number of nitrogens with zero attached hydrogens (tertiary/aromatic N) is 2. The highest BCUT2D eigenvalue weighted by molar-refractivity contribution is 5.77. The van der Waals surface area contributed by atoms with Crippen molar-refractivity contribution in [3.05, 3.63) is 82.5 Å². The van der Waals surface area contributed by atoms with Crippen LogP contribution in [0.25, 0.3) is 16.5 Å². The van der Waals surface area contributed by atoms with Gasteiger partial charge in [-0.1, -0.05) is 6.07 Å². The summed E-state index contributed by atoms with van der Waals surface area (Å²) in [5.41, 5.74) is 2.33. The van der Waals surface area contributed by atoms with E-state index in [1.54, 1.807) is 12.1 Å². The van der Waals surface area contributed by atoms with Gasteiger partial charge in [0.05, 0.1) is 11.1 Å². The molecule has 0 bridgehead atoms. The fraction of sp³-hybridized carbons (Fsp3) is 0.0526. The quantitative estimate of drug-likeness (QED) is 0.543. The molecular formula is C19H12N2O3. The Bertz CT molecular complexity index is 1150. The van der Waals surface area contributed by atoms with E-state index in [0.29, 0.717) is 16.9 Å². The third-order valence-corrected chi connectivity index (χ3v) is 3.86. The maximum atomic E-state index is 11.3. The highest BCUT2D eigenvalue weighted by Gasteiger charge is 2.10. The van der Waals surface area contributed by atoms with Gasteiger partial charge in [-0.25, -0.2) is 4.79 Å². The molecule has 24 heavy (non-hydrogen) atoms. The second-order valence-electron chi connectivity index (χ2n) is 5.38. The van der Waals surface area contributed by atoms with Crippen LogP contribution in [0.2, 0.25) is 0 Å². The summed E-state index contributed by atoms with van der Waals surface area (Å²) >= 11 is 0. The summed E-state index contributed by atoms with van der Waals surface area (Å²) in [7, 11) is 0. The van der Waals surface area contributed by atoms with Crippen molar-refractivity contribution in [2.24, 2.45) is 0 Å². The fourth-order valence-corrected chi connectivity index (χ4v) is 2.71. The first-order valence-corrected chi connectivity index (χ1v) is 7.40. The first-order chi connectivity index (χ1) is 11.7. The summed E-state index contributed by atoms with van der Waals surface area (Å²) in [4.78, 5) is 11.3. The summed E-state index contributed by atoms with van der Waals surface area (Å²) in [6, 6.07) is 16.3. The Balaban J connectivity index is 1.65. The van der Waals surface area contributed by atoms with E-state index in [0.717, 1.165) is 16.5 Å². The van der Waals surface area contributed by atoms with Crippen molar-refractivity contribution < 1.29 is 9.15 Å². The van der Waals surface area contributed by atoms with Gasteiger partial charge in [-0.3, -0.25) is 0 Å². The van der Waals surface area contributed by atoms with E-state index < -0.39 is 5.63 Å². The predicted molar refractivity (Wildman–Crippen MR) is 88.9 cm³/mol. The lowest BCUT2D eigenvalue weighted by Gasteiger charge is -2.06. The molecule has 4 rings (SSSR count). The monoisotopic (exact) mass is 316 g/mol. The Hall–Kier alpha value is -3.52. The van der Waals surface area contributed by atoms with Crippen LogP contribution in [0.3, 0.4) is 0 Å². The molecule has 5 nitrogen and oxygen atoms in total. The summed E-state index contributed by atoms with van der Waals surface area (Å²) < 4.78 is 12.8. The van der Waals surface area contributed by atoms with Crippen LogP contribution in [0, 0.1) is 11.3 Å². The molecule has 0 spiro atoms. The van der Waals surface area contributed by atoms with Gasteiger partial charge in [0.2, 0.25) is 0 Å². The first kappa shape index (κ1) is 14.1. The maximum absolute atomic E-state index is 11.3. The first-order valence-electron chi connectivity index (χ1n) is 7.40. The smallest absolute Gasteiger partial charge is 0.336 e. The van der Waals surface area contributed by atoms with Crippen molar-refractivity contribution in [2.45, 2.75) is 6.61 Å². The molecule has 3 heterocycles.